The summed E-state index contributed by atoms with van der Waals surface area (Å²) in [7, 11) is 0. The number of aromatic nitrogens is 1. The van der Waals surface area contributed by atoms with E-state index in [0.29, 0.717) is 0 Å². The Morgan fingerprint density at radius 3 is 1.83 bits per heavy atom. The van der Waals surface area contributed by atoms with Gasteiger partial charge in [-0.25, -0.2) is 0 Å². The first-order chi connectivity index (χ1) is 11.3. The highest BCUT2D eigenvalue weighted by molar-refractivity contribution is 5.81. The minimum Gasteiger partial charge on any atom is -0.360 e. The van der Waals surface area contributed by atoms with Crippen LogP contribution in [0.3, 0.4) is 0 Å². The van der Waals surface area contributed by atoms with Gasteiger partial charge in [-0.05, 0) is 19.4 Å². The molecular weight excluding hydrogens is 282 g/mol. The molecule has 1 aromatic heterocycles. The zero-order valence-corrected chi connectivity index (χ0v) is 15.1. The second kappa shape index (κ2) is 9.62. The lowest BCUT2D eigenvalue weighted by molar-refractivity contribution is 0.400. The van der Waals surface area contributed by atoms with Gasteiger partial charge in [-0.15, -0.1) is 0 Å². The molecular formula is C21H27NO. The van der Waals surface area contributed by atoms with Crippen molar-refractivity contribution in [3.63, 3.8) is 0 Å². The lowest BCUT2D eigenvalue weighted by Gasteiger charge is -2.03. The zero-order chi connectivity index (χ0) is 17.2. The van der Waals surface area contributed by atoms with E-state index in [2.05, 4.69) is 48.5 Å². The molecule has 0 radical (unpaired) electrons. The number of benzene rings is 2. The second-order valence-corrected chi connectivity index (χ2v) is 4.69. The molecule has 0 spiro atoms. The van der Waals surface area contributed by atoms with E-state index >= 15 is 0 Å². The minimum atomic E-state index is 0.850. The standard InChI is InChI=1S/C17H15NO.2C2H6/c1-12-8-10-14(11-9-12)16-13(2)19-18-17(16)15-6-4-3-5-7-15;2*1-2/h3-11H,1-2H3;2*1-2H3. The number of hydrogen-bond donors (Lipinski definition) is 0. The smallest absolute Gasteiger partial charge is 0.142 e. The predicted molar refractivity (Wildman–Crippen MR) is 99.5 cm³/mol. The van der Waals surface area contributed by atoms with Crippen molar-refractivity contribution in [2.24, 2.45) is 0 Å². The molecule has 3 rings (SSSR count). The fourth-order valence-electron chi connectivity index (χ4n) is 2.23. The summed E-state index contributed by atoms with van der Waals surface area (Å²) in [5, 5.41) is 4.21. The molecule has 2 heteroatoms. The van der Waals surface area contributed by atoms with Crippen molar-refractivity contribution in [1.82, 2.24) is 5.16 Å². The van der Waals surface area contributed by atoms with Crippen LogP contribution < -0.4 is 0 Å². The average molecular weight is 309 g/mol. The first-order valence-corrected chi connectivity index (χ1v) is 8.34. The summed E-state index contributed by atoms with van der Waals surface area (Å²) in [6, 6.07) is 18.6. The molecule has 0 N–H and O–H groups in total. The molecule has 0 unspecified atom stereocenters. The van der Waals surface area contributed by atoms with Crippen LogP contribution in [0.2, 0.25) is 0 Å². The summed E-state index contributed by atoms with van der Waals surface area (Å²) in [4.78, 5) is 0. The van der Waals surface area contributed by atoms with E-state index in [0.717, 1.165) is 28.1 Å². The summed E-state index contributed by atoms with van der Waals surface area (Å²) >= 11 is 0. The molecule has 3 aromatic rings. The van der Waals surface area contributed by atoms with Gasteiger partial charge in [0.1, 0.15) is 11.5 Å². The molecule has 2 aromatic carbocycles. The largest absolute Gasteiger partial charge is 0.360 e. The van der Waals surface area contributed by atoms with E-state index in [1.54, 1.807) is 0 Å². The second-order valence-electron chi connectivity index (χ2n) is 4.69. The average Bonchev–Trinajstić information content (AvgIpc) is 3.02. The van der Waals surface area contributed by atoms with Crippen LogP contribution in [-0.4, -0.2) is 5.16 Å². The Balaban J connectivity index is 0.000000615. The molecule has 1 heterocycles. The summed E-state index contributed by atoms with van der Waals surface area (Å²) in [6.07, 6.45) is 0. The quantitative estimate of drug-likeness (QED) is 0.528. The normalized spacial score (nSPS) is 9.30. The van der Waals surface area contributed by atoms with E-state index < -0.39 is 0 Å². The van der Waals surface area contributed by atoms with Crippen LogP contribution in [0.25, 0.3) is 22.4 Å². The SMILES string of the molecule is CC.CC.Cc1ccc(-c2c(-c3ccccc3)noc2C)cc1. The van der Waals surface area contributed by atoms with Crippen LogP contribution in [-0.2, 0) is 0 Å². The van der Waals surface area contributed by atoms with E-state index in [9.17, 15) is 0 Å². The Labute approximate surface area is 140 Å². The Hall–Kier alpha value is -2.35. The van der Waals surface area contributed by atoms with Crippen LogP contribution in [0.5, 0.6) is 0 Å². The maximum atomic E-state index is 5.38. The zero-order valence-electron chi connectivity index (χ0n) is 15.1. The molecule has 0 aliphatic rings. The molecule has 0 aliphatic heterocycles. The number of rotatable bonds is 2. The number of nitrogens with zero attached hydrogens (tertiary/aromatic N) is 1. The van der Waals surface area contributed by atoms with Crippen molar-refractivity contribution in [3.05, 3.63) is 65.9 Å². The van der Waals surface area contributed by atoms with Crippen LogP contribution in [0.4, 0.5) is 0 Å². The maximum absolute atomic E-state index is 5.38. The van der Waals surface area contributed by atoms with E-state index in [1.165, 1.54) is 5.56 Å². The van der Waals surface area contributed by atoms with Gasteiger partial charge in [-0.2, -0.15) is 0 Å². The highest BCUT2D eigenvalue weighted by Crippen LogP contribution is 2.34. The molecule has 0 fully saturated rings. The fourth-order valence-corrected chi connectivity index (χ4v) is 2.23. The van der Waals surface area contributed by atoms with E-state index in [-0.39, 0.29) is 0 Å². The van der Waals surface area contributed by atoms with Crippen LogP contribution in [0, 0.1) is 13.8 Å². The van der Waals surface area contributed by atoms with Crippen LogP contribution >= 0.6 is 0 Å². The summed E-state index contributed by atoms with van der Waals surface area (Å²) in [6.45, 7) is 12.0. The first-order valence-electron chi connectivity index (χ1n) is 8.34. The Morgan fingerprint density at radius 1 is 0.696 bits per heavy atom. The molecule has 2 nitrogen and oxygen atoms in total. The van der Waals surface area contributed by atoms with Gasteiger partial charge in [0.05, 0.1) is 5.56 Å². The van der Waals surface area contributed by atoms with Gasteiger partial charge in [0.25, 0.3) is 0 Å². The first kappa shape index (κ1) is 18.7. The lowest BCUT2D eigenvalue weighted by Crippen LogP contribution is -1.84. The highest BCUT2D eigenvalue weighted by Gasteiger charge is 2.15. The van der Waals surface area contributed by atoms with Gasteiger partial charge in [0.2, 0.25) is 0 Å². The predicted octanol–water partition coefficient (Wildman–Crippen LogP) is 6.68. The molecule has 0 bridgehead atoms. The van der Waals surface area contributed by atoms with Crippen molar-refractivity contribution >= 4 is 0 Å². The fraction of sp³-hybridized carbons (Fsp3) is 0.286. The van der Waals surface area contributed by atoms with Crippen LogP contribution in [0.1, 0.15) is 39.0 Å². The summed E-state index contributed by atoms with van der Waals surface area (Å²) in [5.41, 5.74) is 5.45. The summed E-state index contributed by atoms with van der Waals surface area (Å²) in [5.74, 6) is 0.850. The third kappa shape index (κ3) is 4.56. The van der Waals surface area contributed by atoms with Gasteiger partial charge in [0.15, 0.2) is 0 Å². The van der Waals surface area contributed by atoms with E-state index in [1.807, 2.05) is 52.8 Å². The van der Waals surface area contributed by atoms with Gasteiger partial charge in [-0.3, -0.25) is 0 Å². The maximum Gasteiger partial charge on any atom is 0.142 e. The third-order valence-corrected chi connectivity index (χ3v) is 3.25. The highest BCUT2D eigenvalue weighted by atomic mass is 16.5. The molecule has 0 saturated carbocycles. The van der Waals surface area contributed by atoms with Crippen molar-refractivity contribution in [1.29, 1.82) is 0 Å². The molecule has 122 valence electrons. The third-order valence-electron chi connectivity index (χ3n) is 3.25. The Morgan fingerprint density at radius 2 is 1.26 bits per heavy atom. The van der Waals surface area contributed by atoms with Crippen molar-refractivity contribution in [2.45, 2.75) is 41.5 Å². The van der Waals surface area contributed by atoms with Crippen LogP contribution in [0.15, 0.2) is 59.1 Å². The summed E-state index contributed by atoms with van der Waals surface area (Å²) < 4.78 is 5.38. The lowest BCUT2D eigenvalue weighted by atomic mass is 9.99. The minimum absolute atomic E-state index is 0.850. The number of hydrogen-bond acceptors (Lipinski definition) is 2. The Kier molecular flexibility index (Phi) is 7.82. The van der Waals surface area contributed by atoms with Crippen molar-refractivity contribution in [3.8, 4) is 22.4 Å². The van der Waals surface area contributed by atoms with Gasteiger partial charge in [0, 0.05) is 5.56 Å². The molecule has 23 heavy (non-hydrogen) atoms. The molecule has 0 saturated heterocycles. The number of aryl methyl sites for hydroxylation is 2. The van der Waals surface area contributed by atoms with Crippen molar-refractivity contribution in [2.75, 3.05) is 0 Å². The molecule has 0 aliphatic carbocycles. The topological polar surface area (TPSA) is 26.0 Å². The Bertz CT molecular complexity index is 682. The van der Waals surface area contributed by atoms with Gasteiger partial charge >= 0.3 is 0 Å². The van der Waals surface area contributed by atoms with Crippen molar-refractivity contribution < 1.29 is 4.52 Å². The van der Waals surface area contributed by atoms with Gasteiger partial charge in [-0.1, -0.05) is 93.0 Å². The monoisotopic (exact) mass is 309 g/mol. The molecule has 0 atom stereocenters. The molecule has 0 amide bonds. The van der Waals surface area contributed by atoms with E-state index in [4.69, 9.17) is 4.52 Å². The van der Waals surface area contributed by atoms with Gasteiger partial charge < -0.3 is 4.52 Å².